The smallest absolute Gasteiger partial charge is 0.331 e. The summed E-state index contributed by atoms with van der Waals surface area (Å²) in [5.41, 5.74) is 0.853. The first-order valence-corrected chi connectivity index (χ1v) is 10.3. The number of amides is 1. The summed E-state index contributed by atoms with van der Waals surface area (Å²) in [6.45, 7) is -0.445. The molecule has 0 spiro atoms. The minimum Gasteiger partial charge on any atom is -0.452 e. The van der Waals surface area contributed by atoms with Gasteiger partial charge in [-0.15, -0.1) is 11.3 Å². The second kappa shape index (κ2) is 7.32. The first-order valence-electron chi connectivity index (χ1n) is 7.61. The second-order valence-electron chi connectivity index (χ2n) is 5.63. The number of hydrogen-bond acceptors (Lipinski definition) is 7. The third kappa shape index (κ3) is 4.86. The molecule has 1 aromatic carbocycles. The van der Waals surface area contributed by atoms with Crippen molar-refractivity contribution in [1.29, 1.82) is 0 Å². The van der Waals surface area contributed by atoms with Crippen LogP contribution in [0, 0.1) is 0 Å². The molecular weight excluding hydrogens is 364 g/mol. The lowest BCUT2D eigenvalue weighted by Crippen LogP contribution is -2.38. The third-order valence-corrected chi connectivity index (χ3v) is 6.39. The molecule has 25 heavy (non-hydrogen) atoms. The number of para-hydroxylation sites is 1. The number of fused-ring (bicyclic) bond motifs is 1. The number of thiazole rings is 1. The van der Waals surface area contributed by atoms with E-state index in [0.29, 0.717) is 11.4 Å². The van der Waals surface area contributed by atoms with E-state index in [1.54, 1.807) is 0 Å². The van der Waals surface area contributed by atoms with E-state index < -0.39 is 34.4 Å². The highest BCUT2D eigenvalue weighted by Crippen LogP contribution is 2.22. The van der Waals surface area contributed by atoms with E-state index in [4.69, 9.17) is 4.74 Å². The van der Waals surface area contributed by atoms with Gasteiger partial charge < -0.3 is 10.1 Å². The molecule has 0 radical (unpaired) electrons. The molecule has 1 saturated heterocycles. The third-order valence-electron chi connectivity index (χ3n) is 3.62. The van der Waals surface area contributed by atoms with Crippen molar-refractivity contribution in [2.24, 2.45) is 0 Å². The highest BCUT2D eigenvalue weighted by molar-refractivity contribution is 7.91. The highest BCUT2D eigenvalue weighted by Gasteiger charge is 2.28. The number of rotatable bonds is 5. The molecule has 9 heteroatoms. The van der Waals surface area contributed by atoms with E-state index in [1.165, 1.54) is 23.5 Å². The van der Waals surface area contributed by atoms with Gasteiger partial charge in [-0.1, -0.05) is 12.1 Å². The molecule has 7 nitrogen and oxygen atoms in total. The highest BCUT2D eigenvalue weighted by atomic mass is 32.2. The average molecular weight is 380 g/mol. The van der Waals surface area contributed by atoms with Gasteiger partial charge in [0.1, 0.15) is 5.01 Å². The summed E-state index contributed by atoms with van der Waals surface area (Å²) < 4.78 is 28.5. The summed E-state index contributed by atoms with van der Waals surface area (Å²) in [5.74, 6) is -1.16. The first-order chi connectivity index (χ1) is 11.9. The molecule has 3 rings (SSSR count). The number of carbonyl (C=O) groups is 2. The van der Waals surface area contributed by atoms with Crippen LogP contribution >= 0.6 is 11.3 Å². The van der Waals surface area contributed by atoms with Crippen LogP contribution in [0.5, 0.6) is 0 Å². The van der Waals surface area contributed by atoms with Gasteiger partial charge in [0, 0.05) is 12.1 Å². The lowest BCUT2D eigenvalue weighted by Gasteiger charge is -2.10. The topological polar surface area (TPSA) is 102 Å². The van der Waals surface area contributed by atoms with Crippen LogP contribution in [-0.2, 0) is 24.2 Å². The molecule has 1 N–H and O–H groups in total. The maximum absolute atomic E-state index is 11.7. The monoisotopic (exact) mass is 380 g/mol. The molecule has 1 amide bonds. The molecule has 2 heterocycles. The molecule has 0 aliphatic carbocycles. The fourth-order valence-electron chi connectivity index (χ4n) is 2.46. The average Bonchev–Trinajstić information content (AvgIpc) is 3.13. The Labute approximate surface area is 148 Å². The van der Waals surface area contributed by atoms with Gasteiger partial charge in [0.2, 0.25) is 0 Å². The predicted octanol–water partition coefficient (Wildman–Crippen LogP) is 1.16. The maximum Gasteiger partial charge on any atom is 0.331 e. The number of hydrogen-bond donors (Lipinski definition) is 1. The van der Waals surface area contributed by atoms with E-state index >= 15 is 0 Å². The Bertz CT molecular complexity index is 900. The van der Waals surface area contributed by atoms with Crippen LogP contribution in [0.25, 0.3) is 16.3 Å². The number of sulfone groups is 1. The minimum absolute atomic E-state index is 0.0653. The zero-order valence-electron chi connectivity index (χ0n) is 13.2. The summed E-state index contributed by atoms with van der Waals surface area (Å²) >= 11 is 1.44. The summed E-state index contributed by atoms with van der Waals surface area (Å²) in [5, 5.41) is 3.22. The van der Waals surface area contributed by atoms with E-state index in [0.717, 1.165) is 10.2 Å². The van der Waals surface area contributed by atoms with Crippen LogP contribution in [0.4, 0.5) is 0 Å². The number of benzene rings is 1. The fourth-order valence-corrected chi connectivity index (χ4v) is 5.01. The number of aromatic nitrogens is 1. The molecule has 0 bridgehead atoms. The standard InChI is InChI=1S/C16H16N2O5S2/c19-14(17-11-7-8-25(21,22)10-11)9-23-16(20)6-5-15-18-12-3-1-2-4-13(12)24-15/h1-6,11H,7-10H2,(H,17,19)/b6-5+/t11-/m0/s1. The van der Waals surface area contributed by atoms with E-state index in [9.17, 15) is 18.0 Å². The molecule has 0 unspecified atom stereocenters. The quantitative estimate of drug-likeness (QED) is 0.617. The number of nitrogens with zero attached hydrogens (tertiary/aromatic N) is 1. The number of nitrogens with one attached hydrogen (secondary N) is 1. The molecule has 1 aromatic heterocycles. The van der Waals surface area contributed by atoms with Crippen molar-refractivity contribution in [2.45, 2.75) is 12.5 Å². The minimum atomic E-state index is -3.06. The van der Waals surface area contributed by atoms with E-state index in [1.807, 2.05) is 24.3 Å². The van der Waals surface area contributed by atoms with Crippen molar-refractivity contribution in [3.63, 3.8) is 0 Å². The van der Waals surface area contributed by atoms with Gasteiger partial charge in [-0.25, -0.2) is 18.2 Å². The Balaban J connectivity index is 1.46. The van der Waals surface area contributed by atoms with Crippen LogP contribution in [0.1, 0.15) is 11.4 Å². The Morgan fingerprint density at radius 1 is 1.36 bits per heavy atom. The second-order valence-corrected chi connectivity index (χ2v) is 8.92. The molecule has 1 aliphatic heterocycles. The van der Waals surface area contributed by atoms with Crippen molar-refractivity contribution in [2.75, 3.05) is 18.1 Å². The molecular formula is C16H16N2O5S2. The van der Waals surface area contributed by atoms with E-state index in [-0.39, 0.29) is 11.5 Å². The number of ether oxygens (including phenoxy) is 1. The first kappa shape index (κ1) is 17.6. The summed E-state index contributed by atoms with van der Waals surface area (Å²) in [7, 11) is -3.06. The van der Waals surface area contributed by atoms with Crippen LogP contribution in [0.2, 0.25) is 0 Å². The molecule has 1 fully saturated rings. The van der Waals surface area contributed by atoms with Crippen LogP contribution in [0.3, 0.4) is 0 Å². The van der Waals surface area contributed by atoms with Crippen molar-refractivity contribution < 1.29 is 22.7 Å². The lowest BCUT2D eigenvalue weighted by atomic mass is 10.2. The molecule has 1 aliphatic rings. The Kier molecular flexibility index (Phi) is 5.14. The zero-order chi connectivity index (χ0) is 17.9. The van der Waals surface area contributed by atoms with E-state index in [2.05, 4.69) is 10.3 Å². The Morgan fingerprint density at radius 3 is 2.88 bits per heavy atom. The normalized spacial score (nSPS) is 19.3. The van der Waals surface area contributed by atoms with Crippen LogP contribution in [0.15, 0.2) is 30.3 Å². The van der Waals surface area contributed by atoms with Crippen molar-refractivity contribution in [1.82, 2.24) is 10.3 Å². The predicted molar refractivity (Wildman–Crippen MR) is 94.8 cm³/mol. The van der Waals surface area contributed by atoms with Crippen LogP contribution in [-0.4, -0.2) is 49.4 Å². The molecule has 132 valence electrons. The SMILES string of the molecule is O=C(COC(=O)/C=C/c1nc2ccccc2s1)N[C@H]1CCS(=O)(=O)C1. The van der Waals surface area contributed by atoms with Gasteiger partial charge in [-0.2, -0.15) is 0 Å². The Morgan fingerprint density at radius 2 is 2.16 bits per heavy atom. The van der Waals surface area contributed by atoms with Crippen molar-refractivity contribution in [3.05, 3.63) is 35.3 Å². The number of carbonyl (C=O) groups excluding carboxylic acids is 2. The summed E-state index contributed by atoms with van der Waals surface area (Å²) in [4.78, 5) is 27.7. The maximum atomic E-state index is 11.7. The Hall–Kier alpha value is -2.26. The fraction of sp³-hybridized carbons (Fsp3) is 0.312. The van der Waals surface area contributed by atoms with Crippen molar-refractivity contribution >= 4 is 49.3 Å². The zero-order valence-corrected chi connectivity index (χ0v) is 14.8. The molecule has 2 aromatic rings. The summed E-state index contributed by atoms with van der Waals surface area (Å²) in [6.07, 6.45) is 3.14. The lowest BCUT2D eigenvalue weighted by molar-refractivity contribution is -0.143. The van der Waals surface area contributed by atoms with Gasteiger partial charge >= 0.3 is 5.97 Å². The molecule has 0 saturated carbocycles. The van der Waals surface area contributed by atoms with Gasteiger partial charge in [0.05, 0.1) is 21.7 Å². The van der Waals surface area contributed by atoms with Crippen LogP contribution < -0.4 is 5.32 Å². The van der Waals surface area contributed by atoms with Gasteiger partial charge in [-0.3, -0.25) is 4.79 Å². The van der Waals surface area contributed by atoms with Gasteiger partial charge in [0.25, 0.3) is 5.91 Å². The van der Waals surface area contributed by atoms with Gasteiger partial charge in [0.15, 0.2) is 16.4 Å². The molecule has 1 atom stereocenters. The van der Waals surface area contributed by atoms with Gasteiger partial charge in [-0.05, 0) is 24.6 Å². The van der Waals surface area contributed by atoms with Crippen molar-refractivity contribution in [3.8, 4) is 0 Å². The summed E-state index contributed by atoms with van der Waals surface area (Å²) in [6, 6.07) is 7.22. The number of esters is 1. The largest absolute Gasteiger partial charge is 0.452 e.